The number of aromatic nitrogens is 1. The van der Waals surface area contributed by atoms with Gasteiger partial charge in [0, 0.05) is 28.1 Å². The fourth-order valence-corrected chi connectivity index (χ4v) is 3.23. The monoisotopic (exact) mass is 403 g/mol. The molecule has 2 rings (SSSR count). The molecule has 0 saturated carbocycles. The molecule has 0 radical (unpaired) electrons. The lowest BCUT2D eigenvalue weighted by Crippen LogP contribution is -2.13. The lowest BCUT2D eigenvalue weighted by molar-refractivity contribution is 0.601. The van der Waals surface area contributed by atoms with Crippen molar-refractivity contribution >= 4 is 44.1 Å². The molecule has 5 nitrogen and oxygen atoms in total. The smallest absolute Gasteiger partial charge is 0.262 e. The zero-order valence-electron chi connectivity index (χ0n) is 10.8. The van der Waals surface area contributed by atoms with Crippen LogP contribution < -0.4 is 10.0 Å². The van der Waals surface area contributed by atoms with Gasteiger partial charge in [-0.2, -0.15) is 0 Å². The van der Waals surface area contributed by atoms with Crippen LogP contribution in [0.3, 0.4) is 0 Å². The van der Waals surface area contributed by atoms with E-state index in [-0.39, 0.29) is 4.90 Å². The molecular weight excluding hydrogens is 389 g/mol. The highest BCUT2D eigenvalue weighted by molar-refractivity contribution is 14.1. The lowest BCUT2D eigenvalue weighted by atomic mass is 10.3. The normalized spacial score (nSPS) is 11.1. The number of benzene rings is 1. The highest BCUT2D eigenvalue weighted by Crippen LogP contribution is 2.19. The Morgan fingerprint density at radius 1 is 1.25 bits per heavy atom. The number of hydrogen-bond acceptors (Lipinski definition) is 4. The van der Waals surface area contributed by atoms with E-state index in [2.05, 4.69) is 37.6 Å². The van der Waals surface area contributed by atoms with Gasteiger partial charge in [0.25, 0.3) is 10.0 Å². The van der Waals surface area contributed by atoms with Crippen LogP contribution in [-0.4, -0.2) is 19.9 Å². The van der Waals surface area contributed by atoms with Gasteiger partial charge in [0.2, 0.25) is 0 Å². The minimum absolute atomic E-state index is 0.183. The van der Waals surface area contributed by atoms with Crippen LogP contribution in [-0.2, 0) is 10.0 Å². The van der Waals surface area contributed by atoms with E-state index in [0.717, 1.165) is 3.57 Å². The first-order valence-electron chi connectivity index (χ1n) is 5.99. The van der Waals surface area contributed by atoms with Crippen molar-refractivity contribution in [2.75, 3.05) is 16.6 Å². The summed E-state index contributed by atoms with van der Waals surface area (Å²) < 4.78 is 28.1. The molecule has 2 aromatic rings. The van der Waals surface area contributed by atoms with Gasteiger partial charge in [0.1, 0.15) is 5.82 Å². The van der Waals surface area contributed by atoms with Crippen LogP contribution in [0.25, 0.3) is 0 Å². The first kappa shape index (κ1) is 15.0. The average molecular weight is 403 g/mol. The van der Waals surface area contributed by atoms with E-state index in [0.29, 0.717) is 18.1 Å². The third-order valence-corrected chi connectivity index (χ3v) is 4.53. The van der Waals surface area contributed by atoms with Crippen LogP contribution in [0.2, 0.25) is 0 Å². The molecule has 0 amide bonds. The molecule has 0 spiro atoms. The Kier molecular flexibility index (Phi) is 4.81. The van der Waals surface area contributed by atoms with Gasteiger partial charge in [-0.1, -0.05) is 6.07 Å². The summed E-state index contributed by atoms with van der Waals surface area (Å²) >= 11 is 2.13. The van der Waals surface area contributed by atoms with Crippen molar-refractivity contribution in [2.24, 2.45) is 0 Å². The number of hydrogen-bond donors (Lipinski definition) is 2. The van der Waals surface area contributed by atoms with Crippen LogP contribution in [0.1, 0.15) is 6.92 Å². The molecule has 0 aliphatic heterocycles. The topological polar surface area (TPSA) is 71.1 Å². The summed E-state index contributed by atoms with van der Waals surface area (Å²) in [6.45, 7) is 2.60. The molecule has 0 bridgehead atoms. The SMILES string of the molecule is CCNc1cc(S(=O)(=O)Nc2cccc(I)c2)ccn1. The molecule has 106 valence electrons. The second-order valence-corrected chi connectivity index (χ2v) is 6.95. The Hall–Kier alpha value is -1.35. The molecule has 0 unspecified atom stereocenters. The molecule has 0 aliphatic rings. The second-order valence-electron chi connectivity index (χ2n) is 4.02. The number of rotatable bonds is 5. The Bertz CT molecular complexity index is 704. The van der Waals surface area contributed by atoms with Crippen molar-refractivity contribution in [2.45, 2.75) is 11.8 Å². The first-order valence-corrected chi connectivity index (χ1v) is 8.56. The van der Waals surface area contributed by atoms with E-state index in [1.807, 2.05) is 13.0 Å². The van der Waals surface area contributed by atoms with Crippen molar-refractivity contribution in [3.05, 3.63) is 46.2 Å². The standard InChI is InChI=1S/C13H14IN3O2S/c1-2-15-13-9-12(6-7-16-13)20(18,19)17-11-5-3-4-10(14)8-11/h3-9,17H,2H2,1H3,(H,15,16). The molecule has 1 heterocycles. The van der Waals surface area contributed by atoms with Gasteiger partial charge in [-0.05, 0) is 53.8 Å². The number of nitrogens with zero attached hydrogens (tertiary/aromatic N) is 1. The van der Waals surface area contributed by atoms with Crippen LogP contribution in [0.15, 0.2) is 47.5 Å². The summed E-state index contributed by atoms with van der Waals surface area (Å²) in [5.74, 6) is 0.540. The summed E-state index contributed by atoms with van der Waals surface area (Å²) in [6.07, 6.45) is 1.47. The van der Waals surface area contributed by atoms with E-state index in [1.165, 1.54) is 18.3 Å². The van der Waals surface area contributed by atoms with Crippen molar-refractivity contribution in [1.82, 2.24) is 4.98 Å². The number of anilines is 2. The predicted molar refractivity (Wildman–Crippen MR) is 88.4 cm³/mol. The maximum Gasteiger partial charge on any atom is 0.262 e. The number of pyridine rings is 1. The fraction of sp³-hybridized carbons (Fsp3) is 0.154. The molecule has 7 heteroatoms. The van der Waals surface area contributed by atoms with Crippen LogP contribution in [0, 0.1) is 3.57 Å². The van der Waals surface area contributed by atoms with Crippen LogP contribution >= 0.6 is 22.6 Å². The van der Waals surface area contributed by atoms with E-state index in [9.17, 15) is 8.42 Å². The van der Waals surface area contributed by atoms with Crippen molar-refractivity contribution in [1.29, 1.82) is 0 Å². The summed E-state index contributed by atoms with van der Waals surface area (Å²) in [5, 5.41) is 2.99. The van der Waals surface area contributed by atoms with Gasteiger partial charge >= 0.3 is 0 Å². The summed E-state index contributed by atoms with van der Waals surface area (Å²) in [7, 11) is -3.60. The minimum atomic E-state index is -3.60. The zero-order valence-corrected chi connectivity index (χ0v) is 13.8. The van der Waals surface area contributed by atoms with Crippen LogP contribution in [0.5, 0.6) is 0 Å². The van der Waals surface area contributed by atoms with Crippen molar-refractivity contribution < 1.29 is 8.42 Å². The third kappa shape index (κ3) is 3.83. The van der Waals surface area contributed by atoms with Crippen molar-refractivity contribution in [3.8, 4) is 0 Å². The van der Waals surface area contributed by atoms with Gasteiger partial charge in [0.05, 0.1) is 4.90 Å². The summed E-state index contributed by atoms with van der Waals surface area (Å²) in [6, 6.07) is 10.2. The van der Waals surface area contributed by atoms with Gasteiger partial charge in [-0.25, -0.2) is 13.4 Å². The molecule has 0 fully saturated rings. The molecule has 0 atom stereocenters. The highest BCUT2D eigenvalue weighted by atomic mass is 127. The van der Waals surface area contributed by atoms with Gasteiger partial charge in [-0.15, -0.1) is 0 Å². The largest absolute Gasteiger partial charge is 0.370 e. The second kappa shape index (κ2) is 6.40. The lowest BCUT2D eigenvalue weighted by Gasteiger charge is -2.09. The van der Waals surface area contributed by atoms with E-state index < -0.39 is 10.0 Å². The average Bonchev–Trinajstić information content (AvgIpc) is 2.39. The van der Waals surface area contributed by atoms with E-state index in [4.69, 9.17) is 0 Å². The Balaban J connectivity index is 2.28. The summed E-state index contributed by atoms with van der Waals surface area (Å²) in [5.41, 5.74) is 0.540. The van der Waals surface area contributed by atoms with Gasteiger partial charge in [0.15, 0.2) is 0 Å². The number of halogens is 1. The number of sulfonamides is 1. The maximum absolute atomic E-state index is 12.3. The highest BCUT2D eigenvalue weighted by Gasteiger charge is 2.15. The third-order valence-electron chi connectivity index (χ3n) is 2.48. The molecule has 2 N–H and O–H groups in total. The molecule has 0 saturated heterocycles. The van der Waals surface area contributed by atoms with Crippen LogP contribution in [0.4, 0.5) is 11.5 Å². The van der Waals surface area contributed by atoms with E-state index >= 15 is 0 Å². The Morgan fingerprint density at radius 3 is 2.75 bits per heavy atom. The maximum atomic E-state index is 12.3. The quantitative estimate of drug-likeness (QED) is 0.754. The summed E-state index contributed by atoms with van der Waals surface area (Å²) in [4.78, 5) is 4.24. The molecule has 1 aromatic carbocycles. The Morgan fingerprint density at radius 2 is 2.05 bits per heavy atom. The predicted octanol–water partition coefficient (Wildman–Crippen LogP) is 2.92. The zero-order chi connectivity index (χ0) is 14.6. The molecule has 1 aromatic heterocycles. The Labute approximate surface area is 132 Å². The molecule has 0 aliphatic carbocycles. The first-order chi connectivity index (χ1) is 9.51. The van der Waals surface area contributed by atoms with Gasteiger partial charge < -0.3 is 5.32 Å². The molecular formula is C13H14IN3O2S. The fourth-order valence-electron chi connectivity index (χ4n) is 1.62. The van der Waals surface area contributed by atoms with Crippen molar-refractivity contribution in [3.63, 3.8) is 0 Å². The number of nitrogens with one attached hydrogen (secondary N) is 2. The minimum Gasteiger partial charge on any atom is -0.370 e. The molecule has 20 heavy (non-hydrogen) atoms. The van der Waals surface area contributed by atoms with E-state index in [1.54, 1.807) is 18.2 Å². The van der Waals surface area contributed by atoms with Gasteiger partial charge in [-0.3, -0.25) is 4.72 Å².